The van der Waals surface area contributed by atoms with Gasteiger partial charge >= 0.3 is 5.97 Å². The molecule has 19 heavy (non-hydrogen) atoms. The van der Waals surface area contributed by atoms with Crippen LogP contribution in [0.2, 0.25) is 5.02 Å². The SMILES string of the molecule is O=C1C[C@H](Sc2nnc(-c3ccc(Cl)cc3)o2)CO1. The number of cyclic esters (lactones) is 1. The summed E-state index contributed by atoms with van der Waals surface area (Å²) >= 11 is 7.18. The number of carbonyl (C=O) groups excluding carboxylic acids is 1. The third kappa shape index (κ3) is 2.90. The summed E-state index contributed by atoms with van der Waals surface area (Å²) < 4.78 is 10.4. The molecule has 1 fully saturated rings. The van der Waals surface area contributed by atoms with Gasteiger partial charge in [-0.25, -0.2) is 0 Å². The van der Waals surface area contributed by atoms with Gasteiger partial charge in [0.05, 0.1) is 11.7 Å². The first kappa shape index (κ1) is 12.5. The van der Waals surface area contributed by atoms with Crippen LogP contribution in [0.3, 0.4) is 0 Å². The topological polar surface area (TPSA) is 65.2 Å². The van der Waals surface area contributed by atoms with Gasteiger partial charge < -0.3 is 9.15 Å². The van der Waals surface area contributed by atoms with Crippen molar-refractivity contribution in [3.63, 3.8) is 0 Å². The van der Waals surface area contributed by atoms with Crippen molar-refractivity contribution in [2.75, 3.05) is 6.61 Å². The quantitative estimate of drug-likeness (QED) is 0.812. The molecule has 0 aliphatic carbocycles. The predicted octanol–water partition coefficient (Wildman–Crippen LogP) is 2.80. The molecule has 1 saturated heterocycles. The van der Waals surface area contributed by atoms with Crippen LogP contribution in [-0.2, 0) is 9.53 Å². The Kier molecular flexibility index (Phi) is 3.44. The molecule has 98 valence electrons. The Balaban J connectivity index is 1.72. The maximum Gasteiger partial charge on any atom is 0.307 e. The molecule has 1 aliphatic rings. The molecule has 1 aromatic heterocycles. The summed E-state index contributed by atoms with van der Waals surface area (Å²) in [5.41, 5.74) is 0.808. The van der Waals surface area contributed by atoms with Crippen LogP contribution in [-0.4, -0.2) is 28.0 Å². The largest absolute Gasteiger partial charge is 0.464 e. The van der Waals surface area contributed by atoms with E-state index in [4.69, 9.17) is 20.8 Å². The van der Waals surface area contributed by atoms with Crippen molar-refractivity contribution < 1.29 is 13.9 Å². The van der Waals surface area contributed by atoms with Crippen molar-refractivity contribution in [1.29, 1.82) is 0 Å². The summed E-state index contributed by atoms with van der Waals surface area (Å²) in [7, 11) is 0. The number of hydrogen-bond donors (Lipinski definition) is 0. The zero-order valence-electron chi connectivity index (χ0n) is 9.71. The zero-order valence-corrected chi connectivity index (χ0v) is 11.3. The van der Waals surface area contributed by atoms with E-state index in [9.17, 15) is 4.79 Å². The Labute approximate surface area is 118 Å². The van der Waals surface area contributed by atoms with E-state index in [1.165, 1.54) is 11.8 Å². The highest BCUT2D eigenvalue weighted by Gasteiger charge is 2.26. The maximum absolute atomic E-state index is 11.0. The van der Waals surface area contributed by atoms with Crippen LogP contribution in [0.4, 0.5) is 0 Å². The fourth-order valence-electron chi connectivity index (χ4n) is 1.67. The summed E-state index contributed by atoms with van der Waals surface area (Å²) in [5, 5.41) is 9.06. The molecule has 0 saturated carbocycles. The summed E-state index contributed by atoms with van der Waals surface area (Å²) in [5.74, 6) is 0.249. The molecule has 0 bridgehead atoms. The molecule has 3 rings (SSSR count). The number of carbonyl (C=O) groups is 1. The average Bonchev–Trinajstić information content (AvgIpc) is 3.00. The van der Waals surface area contributed by atoms with Crippen LogP contribution in [0.1, 0.15) is 6.42 Å². The fourth-order valence-corrected chi connectivity index (χ4v) is 2.66. The fraction of sp³-hybridized carbons (Fsp3) is 0.250. The first-order valence-corrected chi connectivity index (χ1v) is 6.88. The van der Waals surface area contributed by atoms with Gasteiger partial charge in [-0.05, 0) is 24.3 Å². The molecule has 0 N–H and O–H groups in total. The summed E-state index contributed by atoms with van der Waals surface area (Å²) in [6.45, 7) is 0.391. The molecule has 7 heteroatoms. The molecular weight excluding hydrogens is 288 g/mol. The Morgan fingerprint density at radius 2 is 2.05 bits per heavy atom. The summed E-state index contributed by atoms with van der Waals surface area (Å²) in [6.07, 6.45) is 0.378. The second-order valence-corrected chi connectivity index (χ2v) is 5.70. The van der Waals surface area contributed by atoms with Gasteiger partial charge in [0.2, 0.25) is 5.89 Å². The van der Waals surface area contributed by atoms with Crippen LogP contribution in [0, 0.1) is 0 Å². The van der Waals surface area contributed by atoms with E-state index in [0.29, 0.717) is 29.2 Å². The molecule has 0 amide bonds. The highest BCUT2D eigenvalue weighted by Crippen LogP contribution is 2.30. The standard InChI is InChI=1S/C12H9ClN2O3S/c13-8-3-1-7(2-4-8)11-14-15-12(18-11)19-9-5-10(16)17-6-9/h1-4,9H,5-6H2/t9-/m0/s1. The first-order chi connectivity index (χ1) is 9.20. The van der Waals surface area contributed by atoms with E-state index in [1.807, 2.05) is 12.1 Å². The summed E-state index contributed by atoms with van der Waals surface area (Å²) in [4.78, 5) is 11.0. The van der Waals surface area contributed by atoms with Crippen LogP contribution in [0.5, 0.6) is 0 Å². The zero-order chi connectivity index (χ0) is 13.2. The van der Waals surface area contributed by atoms with Crippen molar-refractivity contribution >= 4 is 29.3 Å². The third-order valence-electron chi connectivity index (χ3n) is 2.59. The molecule has 0 radical (unpaired) electrons. The van der Waals surface area contributed by atoms with Crippen molar-refractivity contribution in [2.45, 2.75) is 16.9 Å². The van der Waals surface area contributed by atoms with Crippen molar-refractivity contribution in [2.24, 2.45) is 0 Å². The molecule has 0 spiro atoms. The minimum atomic E-state index is -0.185. The van der Waals surface area contributed by atoms with Crippen LogP contribution < -0.4 is 0 Å². The van der Waals surface area contributed by atoms with Gasteiger partial charge in [0.25, 0.3) is 5.22 Å². The number of rotatable bonds is 3. The highest BCUT2D eigenvalue weighted by atomic mass is 35.5. The lowest BCUT2D eigenvalue weighted by Crippen LogP contribution is -2.00. The van der Waals surface area contributed by atoms with Gasteiger partial charge in [-0.3, -0.25) is 4.79 Å². The van der Waals surface area contributed by atoms with E-state index in [2.05, 4.69) is 10.2 Å². The van der Waals surface area contributed by atoms with Gasteiger partial charge in [0.1, 0.15) is 6.61 Å². The lowest BCUT2D eigenvalue weighted by atomic mass is 10.2. The molecular formula is C12H9ClN2O3S. The lowest BCUT2D eigenvalue weighted by Gasteiger charge is -1.99. The van der Waals surface area contributed by atoms with Gasteiger partial charge in [0, 0.05) is 10.6 Å². The van der Waals surface area contributed by atoms with Crippen LogP contribution in [0.25, 0.3) is 11.5 Å². The summed E-state index contributed by atoms with van der Waals surface area (Å²) in [6, 6.07) is 7.15. The number of aromatic nitrogens is 2. The Morgan fingerprint density at radius 3 is 2.74 bits per heavy atom. The van der Waals surface area contributed by atoms with Crippen LogP contribution >= 0.6 is 23.4 Å². The average molecular weight is 297 g/mol. The lowest BCUT2D eigenvalue weighted by molar-refractivity contribution is -0.137. The minimum absolute atomic E-state index is 0.0472. The molecule has 2 aromatic rings. The molecule has 1 aliphatic heterocycles. The predicted molar refractivity (Wildman–Crippen MR) is 70.0 cm³/mol. The second-order valence-electron chi connectivity index (χ2n) is 4.01. The van der Waals surface area contributed by atoms with Crippen molar-refractivity contribution in [1.82, 2.24) is 10.2 Å². The van der Waals surface area contributed by atoms with E-state index >= 15 is 0 Å². The highest BCUT2D eigenvalue weighted by molar-refractivity contribution is 7.99. The van der Waals surface area contributed by atoms with Crippen molar-refractivity contribution in [3.05, 3.63) is 29.3 Å². The van der Waals surface area contributed by atoms with Crippen LogP contribution in [0.15, 0.2) is 33.9 Å². The number of nitrogens with zero attached hydrogens (tertiary/aromatic N) is 2. The number of benzene rings is 1. The number of ether oxygens (including phenoxy) is 1. The van der Waals surface area contributed by atoms with Gasteiger partial charge in [-0.1, -0.05) is 23.4 Å². The van der Waals surface area contributed by atoms with E-state index in [-0.39, 0.29) is 11.2 Å². The molecule has 1 atom stereocenters. The third-order valence-corrected chi connectivity index (χ3v) is 3.84. The number of halogens is 1. The van der Waals surface area contributed by atoms with E-state index in [0.717, 1.165) is 5.56 Å². The molecule has 0 unspecified atom stereocenters. The number of hydrogen-bond acceptors (Lipinski definition) is 6. The molecule has 1 aromatic carbocycles. The molecule has 2 heterocycles. The van der Waals surface area contributed by atoms with E-state index < -0.39 is 0 Å². The maximum atomic E-state index is 11.0. The number of esters is 1. The second kappa shape index (κ2) is 5.22. The minimum Gasteiger partial charge on any atom is -0.464 e. The van der Waals surface area contributed by atoms with E-state index in [1.54, 1.807) is 12.1 Å². The molecule has 5 nitrogen and oxygen atoms in total. The Morgan fingerprint density at radius 1 is 1.26 bits per heavy atom. The Hall–Kier alpha value is -1.53. The first-order valence-electron chi connectivity index (χ1n) is 5.62. The number of thioether (sulfide) groups is 1. The van der Waals surface area contributed by atoms with Crippen molar-refractivity contribution in [3.8, 4) is 11.5 Å². The van der Waals surface area contributed by atoms with Gasteiger partial charge in [0.15, 0.2) is 0 Å². The van der Waals surface area contributed by atoms with Gasteiger partial charge in [-0.15, -0.1) is 10.2 Å². The smallest absolute Gasteiger partial charge is 0.307 e. The normalized spacial score (nSPS) is 18.6. The monoisotopic (exact) mass is 296 g/mol. The van der Waals surface area contributed by atoms with Gasteiger partial charge in [-0.2, -0.15) is 0 Å². The Bertz CT molecular complexity index is 599.